The summed E-state index contributed by atoms with van der Waals surface area (Å²) in [6.45, 7) is 14.2. The van der Waals surface area contributed by atoms with Gasteiger partial charge in [-0.25, -0.2) is 14.4 Å². The van der Waals surface area contributed by atoms with E-state index in [1.165, 1.54) is 35.1 Å². The van der Waals surface area contributed by atoms with Crippen LogP contribution in [0, 0.1) is 0 Å². The topological polar surface area (TPSA) is 109 Å². The van der Waals surface area contributed by atoms with Crippen molar-refractivity contribution in [1.82, 2.24) is 15.5 Å². The molecule has 1 heterocycles. The fraction of sp³-hybridized carbons (Fsp3) is 0.523. The molecule has 6 rings (SSSR count). The average Bonchev–Trinajstić information content (AvgIpc) is 4.04. The first-order chi connectivity index (χ1) is 25.7. The van der Waals surface area contributed by atoms with Crippen molar-refractivity contribution in [2.75, 3.05) is 37.6 Å². The van der Waals surface area contributed by atoms with Gasteiger partial charge in [-0.15, -0.1) is 0 Å². The molecule has 0 bridgehead atoms. The van der Waals surface area contributed by atoms with E-state index < -0.39 is 23.4 Å². The quantitative estimate of drug-likeness (QED) is 0.179. The third-order valence-electron chi connectivity index (χ3n) is 10.0. The van der Waals surface area contributed by atoms with Gasteiger partial charge in [0.25, 0.3) is 0 Å². The Balaban J connectivity index is 1.20. The molecule has 2 saturated carbocycles. The van der Waals surface area contributed by atoms with Crippen LogP contribution in [-0.4, -0.2) is 67.1 Å². The fourth-order valence-electron chi connectivity index (χ4n) is 7.15. The number of ether oxygens (including phenoxy) is 3. The fourth-order valence-corrected chi connectivity index (χ4v) is 7.15. The van der Waals surface area contributed by atoms with Crippen LogP contribution >= 0.6 is 0 Å². The van der Waals surface area contributed by atoms with E-state index >= 15 is 0 Å². The van der Waals surface area contributed by atoms with Crippen molar-refractivity contribution in [3.8, 4) is 0 Å². The minimum atomic E-state index is -0.547. The molecule has 1 aliphatic heterocycles. The highest BCUT2D eigenvalue weighted by Gasteiger charge is 2.35. The largest absolute Gasteiger partial charge is 0.445 e. The van der Waals surface area contributed by atoms with E-state index in [-0.39, 0.29) is 18.7 Å². The molecule has 10 nitrogen and oxygen atoms in total. The maximum Gasteiger partial charge on any atom is 0.410 e. The van der Waals surface area contributed by atoms with Crippen LogP contribution < -0.4 is 15.5 Å². The van der Waals surface area contributed by atoms with Crippen molar-refractivity contribution in [3.05, 3.63) is 100 Å². The number of piperazine rings is 1. The lowest BCUT2D eigenvalue weighted by Gasteiger charge is -2.42. The number of nitrogens with zero attached hydrogens (tertiary/aromatic N) is 2. The molecule has 10 heteroatoms. The Kier molecular flexibility index (Phi) is 12.1. The molecule has 3 aromatic rings. The first-order valence-corrected chi connectivity index (χ1v) is 19.6. The molecule has 1 unspecified atom stereocenters. The van der Waals surface area contributed by atoms with Crippen molar-refractivity contribution < 1.29 is 28.6 Å². The number of anilines is 1. The van der Waals surface area contributed by atoms with E-state index in [1.807, 2.05) is 76.8 Å². The highest BCUT2D eigenvalue weighted by molar-refractivity contribution is 5.70. The number of carbonyl (C=O) groups is 3. The van der Waals surface area contributed by atoms with Crippen LogP contribution in [0.3, 0.4) is 0 Å². The van der Waals surface area contributed by atoms with Gasteiger partial charge >= 0.3 is 18.3 Å². The maximum absolute atomic E-state index is 13.8. The number of carbonyl (C=O) groups excluding carboxylic acids is 3. The van der Waals surface area contributed by atoms with E-state index in [9.17, 15) is 14.4 Å². The van der Waals surface area contributed by atoms with Gasteiger partial charge in [-0.1, -0.05) is 54.6 Å². The molecule has 0 radical (unpaired) electrons. The first-order valence-electron chi connectivity index (χ1n) is 19.6. The molecule has 290 valence electrons. The summed E-state index contributed by atoms with van der Waals surface area (Å²) in [7, 11) is 0. The van der Waals surface area contributed by atoms with Crippen LogP contribution in [-0.2, 0) is 33.7 Å². The molecule has 3 fully saturated rings. The number of alkyl carbamates (subject to hydrolysis) is 2. The maximum atomic E-state index is 13.8. The minimum absolute atomic E-state index is 0.212. The highest BCUT2D eigenvalue weighted by Crippen LogP contribution is 2.45. The molecule has 3 aliphatic rings. The summed E-state index contributed by atoms with van der Waals surface area (Å²) in [6, 6.07) is 22.9. The molecule has 2 aliphatic carbocycles. The number of hydrogen-bond donors (Lipinski definition) is 2. The van der Waals surface area contributed by atoms with Crippen molar-refractivity contribution in [1.29, 1.82) is 0 Å². The van der Waals surface area contributed by atoms with Crippen molar-refractivity contribution in [3.63, 3.8) is 0 Å². The zero-order valence-corrected chi connectivity index (χ0v) is 32.9. The third-order valence-corrected chi connectivity index (χ3v) is 10.0. The lowest BCUT2D eigenvalue weighted by atomic mass is 9.93. The van der Waals surface area contributed by atoms with Gasteiger partial charge in [0.1, 0.15) is 17.8 Å². The number of amides is 3. The Morgan fingerprint density at radius 1 is 0.704 bits per heavy atom. The van der Waals surface area contributed by atoms with Crippen LogP contribution in [0.1, 0.15) is 118 Å². The van der Waals surface area contributed by atoms with Crippen LogP contribution in [0.15, 0.2) is 66.7 Å². The van der Waals surface area contributed by atoms with Gasteiger partial charge in [0.05, 0.1) is 6.04 Å². The van der Waals surface area contributed by atoms with E-state index in [2.05, 4.69) is 51.9 Å². The Morgan fingerprint density at radius 3 is 1.81 bits per heavy atom. The van der Waals surface area contributed by atoms with Gasteiger partial charge in [0, 0.05) is 38.4 Å². The molecule has 54 heavy (non-hydrogen) atoms. The number of hydrogen-bond acceptors (Lipinski definition) is 7. The average molecular weight is 739 g/mol. The van der Waals surface area contributed by atoms with Gasteiger partial charge in [-0.05, 0) is 137 Å². The molecule has 3 amide bonds. The minimum Gasteiger partial charge on any atom is -0.445 e. The molecular formula is C44H58N4O6. The zero-order chi connectivity index (χ0) is 38.5. The van der Waals surface area contributed by atoms with Crippen LogP contribution in [0.25, 0.3) is 0 Å². The number of nitrogens with one attached hydrogen (secondary N) is 2. The van der Waals surface area contributed by atoms with Crippen LogP contribution in [0.5, 0.6) is 0 Å². The summed E-state index contributed by atoms with van der Waals surface area (Å²) in [5.74, 6) is 1.02. The van der Waals surface area contributed by atoms with E-state index in [0.717, 1.165) is 36.1 Å². The normalized spacial score (nSPS) is 17.5. The Morgan fingerprint density at radius 2 is 1.26 bits per heavy atom. The number of benzene rings is 3. The summed E-state index contributed by atoms with van der Waals surface area (Å²) < 4.78 is 16.8. The second-order valence-corrected chi connectivity index (χ2v) is 16.9. The van der Waals surface area contributed by atoms with Gasteiger partial charge in [-0.2, -0.15) is 0 Å². The molecule has 0 aromatic heterocycles. The van der Waals surface area contributed by atoms with Crippen LogP contribution in [0.2, 0.25) is 0 Å². The first kappa shape index (κ1) is 39.0. The van der Waals surface area contributed by atoms with E-state index in [1.54, 1.807) is 0 Å². The molecule has 1 atom stereocenters. The summed E-state index contributed by atoms with van der Waals surface area (Å²) in [6.07, 6.45) is 4.94. The molecule has 2 N–H and O–H groups in total. The smallest absolute Gasteiger partial charge is 0.410 e. The van der Waals surface area contributed by atoms with E-state index in [0.29, 0.717) is 51.0 Å². The molecular weight excluding hydrogens is 681 g/mol. The Hall–Kier alpha value is -4.73. The lowest BCUT2D eigenvalue weighted by molar-refractivity contribution is 0.0517. The third kappa shape index (κ3) is 11.1. The van der Waals surface area contributed by atoms with Gasteiger partial charge in [0.2, 0.25) is 0 Å². The number of rotatable bonds is 12. The Labute approximate surface area is 320 Å². The zero-order valence-electron chi connectivity index (χ0n) is 32.9. The summed E-state index contributed by atoms with van der Waals surface area (Å²) in [4.78, 5) is 42.7. The lowest BCUT2D eigenvalue weighted by Crippen LogP contribution is -2.51. The van der Waals surface area contributed by atoms with Gasteiger partial charge < -0.3 is 29.7 Å². The highest BCUT2D eigenvalue weighted by atomic mass is 16.6. The Bertz CT molecular complexity index is 1770. The predicted molar refractivity (Wildman–Crippen MR) is 211 cm³/mol. The summed E-state index contributed by atoms with van der Waals surface area (Å²) in [5.41, 5.74) is 7.23. The molecule has 0 spiro atoms. The molecule has 1 saturated heterocycles. The summed E-state index contributed by atoms with van der Waals surface area (Å²) >= 11 is 0. The molecule has 3 aromatic carbocycles. The summed E-state index contributed by atoms with van der Waals surface area (Å²) in [5, 5.41) is 5.82. The van der Waals surface area contributed by atoms with Crippen molar-refractivity contribution in [2.45, 2.75) is 116 Å². The van der Waals surface area contributed by atoms with Crippen LogP contribution in [0.4, 0.5) is 20.1 Å². The SMILES string of the molecule is CC(C)(C)OC(=O)NCCc1ccc(C2CN(c3ccc(CCNC(=O)OC(C)(C)C)c(C4CC4)c3)CCN2C(=O)OCc2ccccc2)cc1C1CC1. The van der Waals surface area contributed by atoms with Crippen molar-refractivity contribution in [2.24, 2.45) is 0 Å². The second kappa shape index (κ2) is 16.7. The van der Waals surface area contributed by atoms with E-state index in [4.69, 9.17) is 14.2 Å². The second-order valence-electron chi connectivity index (χ2n) is 16.9. The van der Waals surface area contributed by atoms with Gasteiger partial charge in [0.15, 0.2) is 0 Å². The monoisotopic (exact) mass is 738 g/mol. The predicted octanol–water partition coefficient (Wildman–Crippen LogP) is 8.78. The van der Waals surface area contributed by atoms with Gasteiger partial charge in [-0.3, -0.25) is 4.90 Å². The van der Waals surface area contributed by atoms with Crippen molar-refractivity contribution >= 4 is 24.0 Å². The standard InChI is InChI=1S/C44H58N4O6/c1-43(2,3)53-40(49)45-22-20-33-16-17-35(26-37(33)31-12-13-31)39-28-47(24-25-48(39)42(51)52-29-30-10-8-7-9-11-30)36-19-18-34(38(27-36)32-14-15-32)21-23-46-41(50)54-44(4,5)6/h7-11,16-19,26-27,31-32,39H,12-15,20-25,28-29H2,1-6H3,(H,45,49)(H,46,50).